The molecule has 0 aromatic carbocycles. The fourth-order valence-electron chi connectivity index (χ4n) is 1.10. The highest BCUT2D eigenvalue weighted by atomic mass is 19.4. The molecule has 1 aromatic rings. The van der Waals surface area contributed by atoms with E-state index >= 15 is 0 Å². The van der Waals surface area contributed by atoms with E-state index in [9.17, 15) is 31.1 Å². The lowest BCUT2D eigenvalue weighted by atomic mass is 10.1. The van der Waals surface area contributed by atoms with E-state index in [1.165, 1.54) is 0 Å². The fourth-order valence-corrected chi connectivity index (χ4v) is 1.10. The van der Waals surface area contributed by atoms with E-state index in [-0.39, 0.29) is 6.07 Å². The van der Waals surface area contributed by atoms with Crippen molar-refractivity contribution in [2.75, 3.05) is 7.11 Å². The van der Waals surface area contributed by atoms with Gasteiger partial charge >= 0.3 is 12.1 Å². The molecule has 0 bridgehead atoms. The number of carbonyl (C=O) groups excluding carboxylic acids is 1. The molecule has 0 spiro atoms. The summed E-state index contributed by atoms with van der Waals surface area (Å²) in [6.07, 6.45) is -8.67. The number of aromatic nitrogens is 1. The van der Waals surface area contributed by atoms with E-state index < -0.39 is 41.3 Å². The van der Waals surface area contributed by atoms with E-state index in [4.69, 9.17) is 0 Å². The minimum Gasteiger partial charge on any atom is -0.465 e. The quantitative estimate of drug-likeness (QED) is 0.614. The van der Waals surface area contributed by atoms with Gasteiger partial charge in [0, 0.05) is 0 Å². The maximum absolute atomic E-state index is 13.3. The molecule has 1 aromatic heterocycles. The van der Waals surface area contributed by atoms with Gasteiger partial charge in [0.25, 0.3) is 6.43 Å². The molecule has 9 heteroatoms. The Kier molecular flexibility index (Phi) is 3.82. The molecule has 3 nitrogen and oxygen atoms in total. The van der Waals surface area contributed by atoms with Gasteiger partial charge < -0.3 is 4.74 Å². The molecule has 0 unspecified atom stereocenters. The predicted octanol–water partition coefficient (Wildman–Crippen LogP) is 2.96. The summed E-state index contributed by atoms with van der Waals surface area (Å²) >= 11 is 0. The van der Waals surface area contributed by atoms with Gasteiger partial charge in [-0.15, -0.1) is 0 Å². The Bertz CT molecular complexity index is 471. The van der Waals surface area contributed by atoms with E-state index in [0.29, 0.717) is 0 Å². The molecule has 100 valence electrons. The zero-order valence-electron chi connectivity index (χ0n) is 8.69. The van der Waals surface area contributed by atoms with Gasteiger partial charge in [0.05, 0.1) is 12.7 Å². The second kappa shape index (κ2) is 4.83. The Balaban J connectivity index is 3.52. The molecular formula is C9H5F6NO2. The summed E-state index contributed by atoms with van der Waals surface area (Å²) in [5.74, 6) is -3.33. The van der Waals surface area contributed by atoms with Gasteiger partial charge in [0.2, 0.25) is 0 Å². The van der Waals surface area contributed by atoms with Crippen LogP contribution in [0.25, 0.3) is 0 Å². The first-order chi connectivity index (χ1) is 8.18. The minimum atomic E-state index is -5.08. The summed E-state index contributed by atoms with van der Waals surface area (Å²) < 4.78 is 78.9. The second-order valence-electron chi connectivity index (χ2n) is 3.04. The number of carbonyl (C=O) groups is 1. The number of rotatable bonds is 2. The number of halogens is 6. The fraction of sp³-hybridized carbons (Fsp3) is 0.333. The Hall–Kier alpha value is -1.80. The largest absolute Gasteiger partial charge is 0.465 e. The summed E-state index contributed by atoms with van der Waals surface area (Å²) in [4.78, 5) is 13.4. The van der Waals surface area contributed by atoms with Gasteiger partial charge in [-0.2, -0.15) is 13.2 Å². The first-order valence-electron chi connectivity index (χ1n) is 4.32. The molecule has 0 N–H and O–H groups in total. The van der Waals surface area contributed by atoms with Crippen LogP contribution < -0.4 is 0 Å². The second-order valence-corrected chi connectivity index (χ2v) is 3.04. The van der Waals surface area contributed by atoms with Crippen molar-refractivity contribution in [2.45, 2.75) is 12.6 Å². The lowest BCUT2D eigenvalue weighted by molar-refractivity contribution is -0.141. The van der Waals surface area contributed by atoms with Crippen molar-refractivity contribution in [1.82, 2.24) is 4.98 Å². The van der Waals surface area contributed by atoms with Crippen LogP contribution in [0.1, 0.15) is 28.2 Å². The predicted molar refractivity (Wildman–Crippen MR) is 45.5 cm³/mol. The van der Waals surface area contributed by atoms with Gasteiger partial charge in [-0.1, -0.05) is 0 Å². The monoisotopic (exact) mass is 273 g/mol. The molecule has 1 rings (SSSR count). The number of esters is 1. The lowest BCUT2D eigenvalue weighted by Crippen LogP contribution is -2.16. The Morgan fingerprint density at radius 1 is 1.39 bits per heavy atom. The first kappa shape index (κ1) is 14.3. The third-order valence-corrected chi connectivity index (χ3v) is 1.89. The molecular weight excluding hydrogens is 268 g/mol. The molecule has 0 saturated carbocycles. The molecule has 0 atom stereocenters. The maximum atomic E-state index is 13.3. The standard InChI is InChI=1S/C9H5F6NO2/c1-18-8(17)3-2-4(9(13,14)15)16-6(5(3)10)7(11)12/h2,7H,1H3. The van der Waals surface area contributed by atoms with E-state index in [2.05, 4.69) is 9.72 Å². The Morgan fingerprint density at radius 3 is 2.33 bits per heavy atom. The topological polar surface area (TPSA) is 39.2 Å². The Morgan fingerprint density at radius 2 is 1.94 bits per heavy atom. The summed E-state index contributed by atoms with van der Waals surface area (Å²) in [7, 11) is 0.775. The maximum Gasteiger partial charge on any atom is 0.433 e. The summed E-state index contributed by atoms with van der Waals surface area (Å²) in [6.45, 7) is 0. The highest BCUT2D eigenvalue weighted by molar-refractivity contribution is 5.89. The SMILES string of the molecule is COC(=O)c1cc(C(F)(F)F)nc(C(F)F)c1F. The van der Waals surface area contributed by atoms with E-state index in [1.807, 2.05) is 0 Å². The molecule has 0 aliphatic carbocycles. The number of ether oxygens (including phenoxy) is 1. The number of pyridine rings is 1. The van der Waals surface area contributed by atoms with Crippen molar-refractivity contribution in [2.24, 2.45) is 0 Å². The van der Waals surface area contributed by atoms with Gasteiger partial charge in [-0.25, -0.2) is 22.9 Å². The van der Waals surface area contributed by atoms with Crippen LogP contribution in [-0.2, 0) is 10.9 Å². The smallest absolute Gasteiger partial charge is 0.433 e. The molecule has 0 fully saturated rings. The normalized spacial score (nSPS) is 11.8. The van der Waals surface area contributed by atoms with Crippen LogP contribution in [-0.4, -0.2) is 18.1 Å². The van der Waals surface area contributed by atoms with Crippen LogP contribution in [0.2, 0.25) is 0 Å². The molecule has 0 aliphatic heterocycles. The first-order valence-corrected chi connectivity index (χ1v) is 4.32. The van der Waals surface area contributed by atoms with Crippen molar-refractivity contribution in [3.63, 3.8) is 0 Å². The van der Waals surface area contributed by atoms with Crippen molar-refractivity contribution in [3.8, 4) is 0 Å². The number of hydrogen-bond donors (Lipinski definition) is 0. The third-order valence-electron chi connectivity index (χ3n) is 1.89. The highest BCUT2D eigenvalue weighted by Gasteiger charge is 2.36. The number of alkyl halides is 5. The van der Waals surface area contributed by atoms with Crippen LogP contribution in [0.4, 0.5) is 26.3 Å². The van der Waals surface area contributed by atoms with Gasteiger partial charge in [0.1, 0.15) is 11.4 Å². The van der Waals surface area contributed by atoms with Crippen LogP contribution in [0.15, 0.2) is 6.07 Å². The summed E-state index contributed by atoms with van der Waals surface area (Å²) in [5.41, 5.74) is -4.78. The average Bonchev–Trinajstić information content (AvgIpc) is 2.26. The van der Waals surface area contributed by atoms with Crippen LogP contribution in [0.5, 0.6) is 0 Å². The highest BCUT2D eigenvalue weighted by Crippen LogP contribution is 2.32. The number of nitrogens with zero attached hydrogens (tertiary/aromatic N) is 1. The van der Waals surface area contributed by atoms with Crippen molar-refractivity contribution in [1.29, 1.82) is 0 Å². The lowest BCUT2D eigenvalue weighted by Gasteiger charge is -2.11. The minimum absolute atomic E-state index is 0.0209. The van der Waals surface area contributed by atoms with Crippen LogP contribution >= 0.6 is 0 Å². The molecule has 0 radical (unpaired) electrons. The van der Waals surface area contributed by atoms with Crippen LogP contribution in [0.3, 0.4) is 0 Å². The zero-order valence-corrected chi connectivity index (χ0v) is 8.69. The number of methoxy groups -OCH3 is 1. The average molecular weight is 273 g/mol. The number of hydrogen-bond acceptors (Lipinski definition) is 3. The van der Waals surface area contributed by atoms with Gasteiger partial charge in [-0.3, -0.25) is 0 Å². The molecule has 0 saturated heterocycles. The summed E-state index contributed by atoms with van der Waals surface area (Å²) in [5, 5.41) is 0. The van der Waals surface area contributed by atoms with E-state index in [0.717, 1.165) is 7.11 Å². The molecule has 18 heavy (non-hydrogen) atoms. The zero-order chi connectivity index (χ0) is 14.1. The van der Waals surface area contributed by atoms with Gasteiger partial charge in [0.15, 0.2) is 5.82 Å². The van der Waals surface area contributed by atoms with E-state index in [1.54, 1.807) is 0 Å². The van der Waals surface area contributed by atoms with Gasteiger partial charge in [-0.05, 0) is 6.07 Å². The summed E-state index contributed by atoms with van der Waals surface area (Å²) in [6, 6.07) is 0.0209. The van der Waals surface area contributed by atoms with Crippen molar-refractivity contribution < 1.29 is 35.9 Å². The van der Waals surface area contributed by atoms with Crippen LogP contribution in [0, 0.1) is 5.82 Å². The molecule has 0 amide bonds. The molecule has 1 heterocycles. The van der Waals surface area contributed by atoms with Crippen molar-refractivity contribution >= 4 is 5.97 Å². The Labute approximate surface area is 96.4 Å². The third kappa shape index (κ3) is 2.71. The molecule has 0 aliphatic rings. The van der Waals surface area contributed by atoms with Crippen molar-refractivity contribution in [3.05, 3.63) is 28.8 Å².